The smallest absolute Gasteiger partial charge is 0.258 e. The van der Waals surface area contributed by atoms with Crippen LogP contribution in [-0.2, 0) is 11.2 Å². The van der Waals surface area contributed by atoms with E-state index in [0.717, 1.165) is 35.3 Å². The van der Waals surface area contributed by atoms with Gasteiger partial charge in [0.05, 0.1) is 6.04 Å². The molecule has 1 aliphatic rings. The minimum Gasteiger partial charge on any atom is -0.305 e. The van der Waals surface area contributed by atoms with Crippen LogP contribution in [0.5, 0.6) is 0 Å². The van der Waals surface area contributed by atoms with Crippen molar-refractivity contribution in [2.75, 3.05) is 9.80 Å². The number of benzene rings is 7. The number of hydrogen-bond acceptors (Lipinski definition) is 2. The van der Waals surface area contributed by atoms with Crippen molar-refractivity contribution >= 4 is 55.5 Å². The van der Waals surface area contributed by atoms with E-state index in [1.165, 1.54) is 32.3 Å². The number of para-hydroxylation sites is 2. The summed E-state index contributed by atoms with van der Waals surface area (Å²) in [7, 11) is 0. The van der Waals surface area contributed by atoms with Gasteiger partial charge in [-0.1, -0.05) is 135 Å². The zero-order valence-electron chi connectivity index (χ0n) is 28.3. The molecule has 0 saturated heterocycles. The van der Waals surface area contributed by atoms with Crippen LogP contribution >= 0.6 is 0 Å². The summed E-state index contributed by atoms with van der Waals surface area (Å²) >= 11 is 0. The predicted molar refractivity (Wildman–Crippen MR) is 207 cm³/mol. The highest BCUT2D eigenvalue weighted by Crippen LogP contribution is 2.44. The van der Waals surface area contributed by atoms with Crippen molar-refractivity contribution in [2.24, 2.45) is 0 Å². The number of unbranched alkanes of at least 4 members (excludes halogenated alkanes) is 1. The van der Waals surface area contributed by atoms with Gasteiger partial charge in [0.25, 0.3) is 5.91 Å². The lowest BCUT2D eigenvalue weighted by atomic mass is 9.85. The molecule has 4 nitrogen and oxygen atoms in total. The average molecular weight is 653 g/mol. The summed E-state index contributed by atoms with van der Waals surface area (Å²) in [5, 5.41) is 7.39. The molecule has 2 amide bonds. The SMILES string of the molecule is CCCCC(=O)N(c1ccccc1)C1CC(Cc2ccc3c(ccc4c5ccccc5ccc34)c2)N(C(=O)c2ccccc2)c2ccccc21. The van der Waals surface area contributed by atoms with Gasteiger partial charge in [0.1, 0.15) is 0 Å². The van der Waals surface area contributed by atoms with E-state index in [1.807, 2.05) is 88.7 Å². The Balaban J connectivity index is 1.23. The monoisotopic (exact) mass is 652 g/mol. The van der Waals surface area contributed by atoms with Gasteiger partial charge in [-0.25, -0.2) is 0 Å². The third-order valence-electron chi connectivity index (χ3n) is 10.3. The number of carbonyl (C=O) groups is 2. The lowest BCUT2D eigenvalue weighted by Crippen LogP contribution is -2.50. The molecule has 0 N–H and O–H groups in total. The molecule has 0 aromatic heterocycles. The number of carbonyl (C=O) groups excluding carboxylic acids is 2. The highest BCUT2D eigenvalue weighted by molar-refractivity contribution is 6.17. The van der Waals surface area contributed by atoms with Gasteiger partial charge in [-0.05, 0) is 93.0 Å². The zero-order valence-corrected chi connectivity index (χ0v) is 28.3. The zero-order chi connectivity index (χ0) is 34.0. The van der Waals surface area contributed by atoms with Crippen molar-refractivity contribution < 1.29 is 9.59 Å². The predicted octanol–water partition coefficient (Wildman–Crippen LogP) is 11.1. The summed E-state index contributed by atoms with van der Waals surface area (Å²) in [6.45, 7) is 2.12. The van der Waals surface area contributed by atoms with E-state index < -0.39 is 0 Å². The Labute approximate surface area is 293 Å². The second kappa shape index (κ2) is 13.6. The van der Waals surface area contributed by atoms with Gasteiger partial charge >= 0.3 is 0 Å². The van der Waals surface area contributed by atoms with Gasteiger partial charge in [-0.15, -0.1) is 0 Å². The quantitative estimate of drug-likeness (QED) is 0.153. The van der Waals surface area contributed by atoms with Crippen LogP contribution < -0.4 is 9.80 Å². The van der Waals surface area contributed by atoms with E-state index in [4.69, 9.17) is 0 Å². The summed E-state index contributed by atoms with van der Waals surface area (Å²) in [5.41, 5.74) is 4.57. The molecule has 2 unspecified atom stereocenters. The lowest BCUT2D eigenvalue weighted by Gasteiger charge is -2.45. The van der Waals surface area contributed by atoms with Crippen LogP contribution in [0, 0.1) is 0 Å². The molecule has 1 aliphatic heterocycles. The Morgan fingerprint density at radius 3 is 2.08 bits per heavy atom. The molecule has 50 heavy (non-hydrogen) atoms. The third-order valence-corrected chi connectivity index (χ3v) is 10.3. The standard InChI is InChI=1S/C46H40N2O2/c1-2-3-22-45(49)47(36-17-8-5-9-18-36)44-31-37(48(43-21-13-12-20-42(43)44)46(50)34-15-6-4-7-16-34)30-32-23-26-39-35(29-32)25-28-40-38-19-11-10-14-33(38)24-27-41(39)40/h4-21,23-29,37,44H,2-3,22,30-31H2,1H3. The first-order chi connectivity index (χ1) is 24.6. The molecule has 4 heteroatoms. The van der Waals surface area contributed by atoms with Crippen LogP contribution in [0.15, 0.2) is 152 Å². The van der Waals surface area contributed by atoms with Gasteiger partial charge in [0, 0.05) is 29.4 Å². The summed E-state index contributed by atoms with van der Waals surface area (Å²) < 4.78 is 0. The van der Waals surface area contributed by atoms with Crippen molar-refractivity contribution in [2.45, 2.75) is 51.1 Å². The van der Waals surface area contributed by atoms with E-state index in [-0.39, 0.29) is 23.9 Å². The van der Waals surface area contributed by atoms with Gasteiger partial charge < -0.3 is 9.80 Å². The molecule has 0 radical (unpaired) electrons. The van der Waals surface area contributed by atoms with E-state index in [2.05, 4.69) is 79.7 Å². The van der Waals surface area contributed by atoms with E-state index >= 15 is 0 Å². The number of nitrogens with zero attached hydrogens (tertiary/aromatic N) is 2. The molecule has 7 aromatic carbocycles. The first-order valence-electron chi connectivity index (χ1n) is 17.8. The molecule has 7 aromatic rings. The molecular weight excluding hydrogens is 613 g/mol. The van der Waals surface area contributed by atoms with Crippen molar-refractivity contribution in [3.63, 3.8) is 0 Å². The number of fused-ring (bicyclic) bond motifs is 6. The number of amides is 2. The Kier molecular flexibility index (Phi) is 8.60. The summed E-state index contributed by atoms with van der Waals surface area (Å²) in [6, 6.07) is 51.5. The third kappa shape index (κ3) is 5.81. The molecule has 8 rings (SSSR count). The second-order valence-corrected chi connectivity index (χ2v) is 13.4. The molecule has 0 fully saturated rings. The largest absolute Gasteiger partial charge is 0.305 e. The first-order valence-corrected chi connectivity index (χ1v) is 17.8. The fourth-order valence-electron chi connectivity index (χ4n) is 7.90. The molecule has 0 saturated carbocycles. The maximum atomic E-state index is 14.5. The molecule has 2 atom stereocenters. The summed E-state index contributed by atoms with van der Waals surface area (Å²) in [5.74, 6) is 0.0910. The summed E-state index contributed by atoms with van der Waals surface area (Å²) in [6.07, 6.45) is 3.53. The lowest BCUT2D eigenvalue weighted by molar-refractivity contribution is -0.119. The van der Waals surface area contributed by atoms with Crippen molar-refractivity contribution in [1.29, 1.82) is 0 Å². The average Bonchev–Trinajstić information content (AvgIpc) is 3.17. The molecule has 246 valence electrons. The Morgan fingerprint density at radius 2 is 1.30 bits per heavy atom. The van der Waals surface area contributed by atoms with E-state index in [1.54, 1.807) is 0 Å². The van der Waals surface area contributed by atoms with Crippen LogP contribution in [0.2, 0.25) is 0 Å². The second-order valence-electron chi connectivity index (χ2n) is 13.4. The maximum absolute atomic E-state index is 14.5. The van der Waals surface area contributed by atoms with Crippen molar-refractivity contribution in [3.05, 3.63) is 168 Å². The van der Waals surface area contributed by atoms with Gasteiger partial charge in [-0.2, -0.15) is 0 Å². The highest BCUT2D eigenvalue weighted by atomic mass is 16.2. The van der Waals surface area contributed by atoms with Crippen LogP contribution in [0.4, 0.5) is 11.4 Å². The minimum atomic E-state index is -0.222. The van der Waals surface area contributed by atoms with Crippen molar-refractivity contribution in [3.8, 4) is 0 Å². The molecular formula is C46H40N2O2. The Morgan fingerprint density at radius 1 is 0.660 bits per heavy atom. The van der Waals surface area contributed by atoms with Crippen molar-refractivity contribution in [1.82, 2.24) is 0 Å². The van der Waals surface area contributed by atoms with Crippen LogP contribution in [0.25, 0.3) is 32.3 Å². The molecule has 0 bridgehead atoms. The Bertz CT molecular complexity index is 2330. The minimum absolute atomic E-state index is 0.0243. The van der Waals surface area contributed by atoms with E-state index in [9.17, 15) is 9.59 Å². The first kappa shape index (κ1) is 31.5. The van der Waals surface area contributed by atoms with Gasteiger partial charge in [-0.3, -0.25) is 9.59 Å². The van der Waals surface area contributed by atoms with Gasteiger partial charge in [0.2, 0.25) is 5.91 Å². The Hall–Kier alpha value is -5.74. The maximum Gasteiger partial charge on any atom is 0.258 e. The fourth-order valence-corrected chi connectivity index (χ4v) is 7.90. The number of anilines is 2. The highest BCUT2D eigenvalue weighted by Gasteiger charge is 2.40. The topological polar surface area (TPSA) is 40.6 Å². The molecule has 0 spiro atoms. The van der Waals surface area contributed by atoms with Crippen LogP contribution in [-0.4, -0.2) is 17.9 Å². The van der Waals surface area contributed by atoms with Crippen LogP contribution in [0.3, 0.4) is 0 Å². The molecule has 1 heterocycles. The van der Waals surface area contributed by atoms with Crippen LogP contribution in [0.1, 0.15) is 60.1 Å². The van der Waals surface area contributed by atoms with Gasteiger partial charge in [0.15, 0.2) is 0 Å². The number of hydrogen-bond donors (Lipinski definition) is 0. The normalized spacial score (nSPS) is 15.7. The molecule has 0 aliphatic carbocycles. The van der Waals surface area contributed by atoms with E-state index in [0.29, 0.717) is 24.8 Å². The fraction of sp³-hybridized carbons (Fsp3) is 0.174. The number of rotatable bonds is 8. The summed E-state index contributed by atoms with van der Waals surface area (Å²) in [4.78, 5) is 32.6.